The summed E-state index contributed by atoms with van der Waals surface area (Å²) in [5.74, 6) is 0.765. The van der Waals surface area contributed by atoms with E-state index in [2.05, 4.69) is 27.8 Å². The molecule has 1 fully saturated rings. The number of primary amides is 1. The molecule has 0 aliphatic heterocycles. The van der Waals surface area contributed by atoms with Gasteiger partial charge in [-0.3, -0.25) is 14.5 Å². The first-order valence-electron chi connectivity index (χ1n) is 8.71. The Bertz CT molecular complexity index is 742. The normalized spacial score (nSPS) is 21.0. The third-order valence-electron chi connectivity index (χ3n) is 5.23. The van der Waals surface area contributed by atoms with Crippen LogP contribution in [0.1, 0.15) is 64.6 Å². The Morgan fingerprint density at radius 3 is 2.50 bits per heavy atom. The van der Waals surface area contributed by atoms with Crippen LogP contribution in [0.3, 0.4) is 0 Å². The third-order valence-corrected chi connectivity index (χ3v) is 5.23. The number of aromatic nitrogens is 3. The standard InChI is InChI=1S/C19H26N4O/c1-12-8-13(2)23(22-12)11-15-4-6-16(7-5-15)17-9-18(19(20)24)14(3)21-10-17/h8-10,15-16H,4-7,11H2,1-3H3,(H2,20,24). The minimum atomic E-state index is -0.389. The molecule has 0 atom stereocenters. The summed E-state index contributed by atoms with van der Waals surface area (Å²) >= 11 is 0. The van der Waals surface area contributed by atoms with Crippen molar-refractivity contribution in [2.45, 2.75) is 58.9 Å². The Morgan fingerprint density at radius 1 is 1.21 bits per heavy atom. The number of amides is 1. The molecule has 128 valence electrons. The van der Waals surface area contributed by atoms with Crippen molar-refractivity contribution < 1.29 is 4.79 Å². The first-order valence-corrected chi connectivity index (χ1v) is 8.71. The molecule has 1 saturated carbocycles. The smallest absolute Gasteiger partial charge is 0.250 e. The van der Waals surface area contributed by atoms with E-state index in [-0.39, 0.29) is 5.91 Å². The molecule has 5 heteroatoms. The van der Waals surface area contributed by atoms with Gasteiger partial charge in [0.2, 0.25) is 0 Å². The molecule has 1 amide bonds. The number of pyridine rings is 1. The van der Waals surface area contributed by atoms with E-state index in [1.165, 1.54) is 18.5 Å². The van der Waals surface area contributed by atoms with Gasteiger partial charge in [0.1, 0.15) is 0 Å². The minimum Gasteiger partial charge on any atom is -0.366 e. The molecule has 0 aromatic carbocycles. The molecule has 0 spiro atoms. The number of nitrogens with two attached hydrogens (primary N) is 1. The zero-order valence-corrected chi connectivity index (χ0v) is 14.7. The second kappa shape index (κ2) is 6.75. The number of carbonyl (C=O) groups is 1. The van der Waals surface area contributed by atoms with Crippen LogP contribution in [-0.2, 0) is 6.54 Å². The van der Waals surface area contributed by atoms with Crippen LogP contribution in [0, 0.1) is 26.7 Å². The zero-order valence-electron chi connectivity index (χ0n) is 14.7. The topological polar surface area (TPSA) is 73.8 Å². The first kappa shape index (κ1) is 16.7. The maximum Gasteiger partial charge on any atom is 0.250 e. The number of hydrogen-bond donors (Lipinski definition) is 1. The van der Waals surface area contributed by atoms with Gasteiger partial charge in [-0.05, 0) is 76.0 Å². The Balaban J connectivity index is 1.64. The van der Waals surface area contributed by atoms with Gasteiger partial charge in [0.05, 0.1) is 11.3 Å². The summed E-state index contributed by atoms with van der Waals surface area (Å²) in [5, 5.41) is 4.58. The van der Waals surface area contributed by atoms with Crippen molar-refractivity contribution >= 4 is 5.91 Å². The van der Waals surface area contributed by atoms with Crippen molar-refractivity contribution in [3.8, 4) is 0 Å². The molecule has 2 heterocycles. The zero-order chi connectivity index (χ0) is 17.3. The van der Waals surface area contributed by atoms with Crippen LogP contribution in [0.5, 0.6) is 0 Å². The molecule has 2 aromatic rings. The van der Waals surface area contributed by atoms with Crippen LogP contribution in [0.25, 0.3) is 0 Å². The first-order chi connectivity index (χ1) is 11.4. The minimum absolute atomic E-state index is 0.389. The van der Waals surface area contributed by atoms with Crippen molar-refractivity contribution in [2.75, 3.05) is 0 Å². The average Bonchev–Trinajstić information content (AvgIpc) is 2.86. The molecule has 0 bridgehead atoms. The van der Waals surface area contributed by atoms with Crippen molar-refractivity contribution in [1.82, 2.24) is 14.8 Å². The number of aryl methyl sites for hydroxylation is 3. The van der Waals surface area contributed by atoms with Gasteiger partial charge < -0.3 is 5.73 Å². The SMILES string of the molecule is Cc1cc(C)n(CC2CCC(c3cnc(C)c(C(N)=O)c3)CC2)n1. The monoisotopic (exact) mass is 326 g/mol. The van der Waals surface area contributed by atoms with Gasteiger partial charge in [0.25, 0.3) is 5.91 Å². The van der Waals surface area contributed by atoms with Gasteiger partial charge >= 0.3 is 0 Å². The fraction of sp³-hybridized carbons (Fsp3) is 0.526. The summed E-state index contributed by atoms with van der Waals surface area (Å²) in [5.41, 5.74) is 10.2. The predicted octanol–water partition coefficient (Wildman–Crippen LogP) is 3.28. The Labute approximate surface area is 143 Å². The summed E-state index contributed by atoms with van der Waals surface area (Å²) in [7, 11) is 0. The Morgan fingerprint density at radius 2 is 1.92 bits per heavy atom. The van der Waals surface area contributed by atoms with Gasteiger partial charge in [0.15, 0.2) is 0 Å². The summed E-state index contributed by atoms with van der Waals surface area (Å²) in [6, 6.07) is 4.08. The van der Waals surface area contributed by atoms with E-state index in [9.17, 15) is 4.79 Å². The lowest BCUT2D eigenvalue weighted by molar-refractivity contribution is 0.0999. The lowest BCUT2D eigenvalue weighted by atomic mass is 9.79. The predicted molar refractivity (Wildman–Crippen MR) is 93.9 cm³/mol. The number of hydrogen-bond acceptors (Lipinski definition) is 3. The van der Waals surface area contributed by atoms with E-state index in [0.717, 1.165) is 30.6 Å². The summed E-state index contributed by atoms with van der Waals surface area (Å²) in [6.07, 6.45) is 6.54. The molecule has 24 heavy (non-hydrogen) atoms. The summed E-state index contributed by atoms with van der Waals surface area (Å²) < 4.78 is 2.14. The van der Waals surface area contributed by atoms with E-state index in [0.29, 0.717) is 23.1 Å². The largest absolute Gasteiger partial charge is 0.366 e. The molecule has 3 rings (SSSR count). The Hall–Kier alpha value is -2.17. The second-order valence-electron chi connectivity index (χ2n) is 7.09. The van der Waals surface area contributed by atoms with Gasteiger partial charge in [0, 0.05) is 24.1 Å². The molecule has 5 nitrogen and oxygen atoms in total. The molecule has 1 aliphatic carbocycles. The highest BCUT2D eigenvalue weighted by molar-refractivity contribution is 5.93. The summed E-state index contributed by atoms with van der Waals surface area (Å²) in [6.45, 7) is 7.00. The maximum atomic E-state index is 11.5. The van der Waals surface area contributed by atoms with Gasteiger partial charge in [-0.15, -0.1) is 0 Å². The highest BCUT2D eigenvalue weighted by Crippen LogP contribution is 2.36. The average molecular weight is 326 g/mol. The van der Waals surface area contributed by atoms with Crippen LogP contribution < -0.4 is 5.73 Å². The van der Waals surface area contributed by atoms with Crippen molar-refractivity contribution in [1.29, 1.82) is 0 Å². The third kappa shape index (κ3) is 3.50. The molecule has 2 aromatic heterocycles. The molecule has 0 unspecified atom stereocenters. The highest BCUT2D eigenvalue weighted by Gasteiger charge is 2.24. The van der Waals surface area contributed by atoms with Crippen LogP contribution in [0.15, 0.2) is 18.3 Å². The second-order valence-corrected chi connectivity index (χ2v) is 7.09. The molecule has 0 saturated heterocycles. The quantitative estimate of drug-likeness (QED) is 0.937. The van der Waals surface area contributed by atoms with Crippen LogP contribution >= 0.6 is 0 Å². The van der Waals surface area contributed by atoms with E-state index < -0.39 is 0 Å². The van der Waals surface area contributed by atoms with E-state index in [1.54, 1.807) is 0 Å². The molecular formula is C19H26N4O. The number of rotatable bonds is 4. The number of nitrogens with zero attached hydrogens (tertiary/aromatic N) is 3. The fourth-order valence-corrected chi connectivity index (χ4v) is 3.80. The van der Waals surface area contributed by atoms with Gasteiger partial charge in [-0.2, -0.15) is 5.10 Å². The van der Waals surface area contributed by atoms with E-state index in [1.807, 2.05) is 26.1 Å². The fourth-order valence-electron chi connectivity index (χ4n) is 3.80. The highest BCUT2D eigenvalue weighted by atomic mass is 16.1. The summed E-state index contributed by atoms with van der Waals surface area (Å²) in [4.78, 5) is 15.9. The molecule has 0 radical (unpaired) electrons. The van der Waals surface area contributed by atoms with Crippen LogP contribution in [-0.4, -0.2) is 20.7 Å². The van der Waals surface area contributed by atoms with Crippen LogP contribution in [0.2, 0.25) is 0 Å². The molecule has 2 N–H and O–H groups in total. The number of carbonyl (C=O) groups excluding carboxylic acids is 1. The lowest BCUT2D eigenvalue weighted by Gasteiger charge is -2.29. The lowest BCUT2D eigenvalue weighted by Crippen LogP contribution is -2.20. The maximum absolute atomic E-state index is 11.5. The van der Waals surface area contributed by atoms with E-state index >= 15 is 0 Å². The van der Waals surface area contributed by atoms with E-state index in [4.69, 9.17) is 5.73 Å². The van der Waals surface area contributed by atoms with Gasteiger partial charge in [-0.1, -0.05) is 0 Å². The Kier molecular flexibility index (Phi) is 4.69. The van der Waals surface area contributed by atoms with Gasteiger partial charge in [-0.25, -0.2) is 0 Å². The van der Waals surface area contributed by atoms with Crippen LogP contribution in [0.4, 0.5) is 0 Å². The molecule has 1 aliphatic rings. The molecular weight excluding hydrogens is 300 g/mol. The van der Waals surface area contributed by atoms with Crippen molar-refractivity contribution in [3.05, 3.63) is 46.5 Å². The van der Waals surface area contributed by atoms with Crippen molar-refractivity contribution in [2.24, 2.45) is 11.7 Å². The van der Waals surface area contributed by atoms with Crippen molar-refractivity contribution in [3.63, 3.8) is 0 Å².